The number of benzene rings is 1. The van der Waals surface area contributed by atoms with Gasteiger partial charge in [0, 0.05) is 38.9 Å². The molecule has 0 radical (unpaired) electrons. The van der Waals surface area contributed by atoms with Gasteiger partial charge in [-0.1, -0.05) is 12.1 Å². The number of aromatic nitrogens is 2. The first-order chi connectivity index (χ1) is 13.2. The van der Waals surface area contributed by atoms with E-state index < -0.39 is 0 Å². The van der Waals surface area contributed by atoms with Crippen molar-refractivity contribution < 1.29 is 4.74 Å². The molecule has 0 amide bonds. The third-order valence-corrected chi connectivity index (χ3v) is 4.96. The van der Waals surface area contributed by atoms with Gasteiger partial charge in [-0.3, -0.25) is 14.6 Å². The fourth-order valence-electron chi connectivity index (χ4n) is 3.52. The molecule has 1 unspecified atom stereocenters. The minimum atomic E-state index is 0. The first kappa shape index (κ1) is 22.5. The summed E-state index contributed by atoms with van der Waals surface area (Å²) in [6, 6.07) is 8.66. The van der Waals surface area contributed by atoms with Crippen LogP contribution in [-0.2, 0) is 13.6 Å². The summed E-state index contributed by atoms with van der Waals surface area (Å²) < 4.78 is 7.23. The molecule has 1 atom stereocenters. The Hall–Kier alpha value is -1.81. The highest BCUT2D eigenvalue weighted by Crippen LogP contribution is 2.27. The summed E-state index contributed by atoms with van der Waals surface area (Å²) in [5, 5.41) is 11.1. The van der Waals surface area contributed by atoms with Gasteiger partial charge in [0.1, 0.15) is 5.75 Å². The predicted molar refractivity (Wildman–Crippen MR) is 123 cm³/mol. The largest absolute Gasteiger partial charge is 0.497 e. The Kier molecular flexibility index (Phi) is 9.04. The summed E-state index contributed by atoms with van der Waals surface area (Å²) in [5.41, 5.74) is 2.40. The van der Waals surface area contributed by atoms with Crippen LogP contribution in [0.25, 0.3) is 0 Å². The minimum absolute atomic E-state index is 0. The third-order valence-electron chi connectivity index (χ3n) is 4.96. The zero-order chi connectivity index (χ0) is 19.1. The van der Waals surface area contributed by atoms with Gasteiger partial charge in [0.05, 0.1) is 19.3 Å². The number of aliphatic imine (C=N–C) groups is 1. The molecule has 154 valence electrons. The van der Waals surface area contributed by atoms with Crippen molar-refractivity contribution in [1.29, 1.82) is 0 Å². The second kappa shape index (κ2) is 11.3. The Morgan fingerprint density at radius 1 is 1.29 bits per heavy atom. The number of hydrogen-bond donors (Lipinski definition) is 2. The molecule has 0 aliphatic carbocycles. The van der Waals surface area contributed by atoms with Gasteiger partial charge in [-0.2, -0.15) is 5.10 Å². The standard InChI is InChI=1S/C20H30N6O.HI/c1-21-20(22-12-16-13-24-25(2)15-16)23-14-19(26-9-4-5-10-26)17-7-6-8-18(11-17)27-3;/h6-8,11,13,15,19H,4-5,9-10,12,14H2,1-3H3,(H2,21,22,23);1H. The number of guanidine groups is 1. The van der Waals surface area contributed by atoms with Gasteiger partial charge in [-0.25, -0.2) is 0 Å². The molecular formula is C20H31IN6O. The third kappa shape index (κ3) is 6.10. The molecule has 7 nitrogen and oxygen atoms in total. The molecule has 2 N–H and O–H groups in total. The normalized spacial score (nSPS) is 15.8. The summed E-state index contributed by atoms with van der Waals surface area (Å²) >= 11 is 0. The fourth-order valence-corrected chi connectivity index (χ4v) is 3.52. The smallest absolute Gasteiger partial charge is 0.191 e. The van der Waals surface area contributed by atoms with Gasteiger partial charge in [-0.05, 0) is 43.6 Å². The number of methoxy groups -OCH3 is 1. The van der Waals surface area contributed by atoms with Crippen molar-refractivity contribution in [2.24, 2.45) is 12.0 Å². The molecule has 2 aromatic rings. The number of likely N-dealkylation sites (tertiary alicyclic amines) is 1. The van der Waals surface area contributed by atoms with Crippen LogP contribution in [0.5, 0.6) is 5.75 Å². The first-order valence-corrected chi connectivity index (χ1v) is 9.49. The SMILES string of the molecule is CN=C(NCc1cnn(C)c1)NCC(c1cccc(OC)c1)N1CCCC1.I. The van der Waals surface area contributed by atoms with Crippen LogP contribution in [0.2, 0.25) is 0 Å². The van der Waals surface area contributed by atoms with E-state index in [1.807, 2.05) is 25.5 Å². The van der Waals surface area contributed by atoms with E-state index in [1.165, 1.54) is 18.4 Å². The van der Waals surface area contributed by atoms with Crippen LogP contribution < -0.4 is 15.4 Å². The van der Waals surface area contributed by atoms with Gasteiger partial charge in [0.15, 0.2) is 5.96 Å². The van der Waals surface area contributed by atoms with E-state index in [4.69, 9.17) is 4.74 Å². The Bertz CT molecular complexity index is 757. The van der Waals surface area contributed by atoms with Gasteiger partial charge in [0.2, 0.25) is 0 Å². The monoisotopic (exact) mass is 498 g/mol. The topological polar surface area (TPSA) is 66.7 Å². The first-order valence-electron chi connectivity index (χ1n) is 9.49. The van der Waals surface area contributed by atoms with Crippen LogP contribution in [0.4, 0.5) is 0 Å². The molecule has 1 fully saturated rings. The van der Waals surface area contributed by atoms with Crippen LogP contribution >= 0.6 is 24.0 Å². The molecule has 3 rings (SSSR count). The molecule has 1 aromatic carbocycles. The van der Waals surface area contributed by atoms with E-state index >= 15 is 0 Å². The Labute approximate surface area is 184 Å². The average molecular weight is 498 g/mol. The van der Waals surface area contributed by atoms with Gasteiger partial charge in [-0.15, -0.1) is 24.0 Å². The highest BCUT2D eigenvalue weighted by atomic mass is 127. The molecule has 1 aliphatic heterocycles. The number of ether oxygens (including phenoxy) is 1. The highest BCUT2D eigenvalue weighted by Gasteiger charge is 2.24. The molecule has 1 aromatic heterocycles. The van der Waals surface area contributed by atoms with Gasteiger partial charge < -0.3 is 15.4 Å². The fraction of sp³-hybridized carbons (Fsp3) is 0.500. The van der Waals surface area contributed by atoms with Crippen molar-refractivity contribution in [1.82, 2.24) is 25.3 Å². The highest BCUT2D eigenvalue weighted by molar-refractivity contribution is 14.0. The lowest BCUT2D eigenvalue weighted by Gasteiger charge is -2.29. The molecule has 0 saturated carbocycles. The number of hydrogen-bond acceptors (Lipinski definition) is 4. The minimum Gasteiger partial charge on any atom is -0.497 e. The quantitative estimate of drug-likeness (QED) is 0.349. The Morgan fingerprint density at radius 3 is 2.71 bits per heavy atom. The molecule has 28 heavy (non-hydrogen) atoms. The number of halogens is 1. The second-order valence-electron chi connectivity index (χ2n) is 6.86. The molecule has 0 bridgehead atoms. The molecule has 2 heterocycles. The lowest BCUT2D eigenvalue weighted by Crippen LogP contribution is -2.42. The van der Waals surface area contributed by atoms with Crippen molar-refractivity contribution >= 4 is 29.9 Å². The van der Waals surface area contributed by atoms with E-state index in [0.717, 1.165) is 36.9 Å². The van der Waals surface area contributed by atoms with Crippen LogP contribution in [0.15, 0.2) is 41.7 Å². The van der Waals surface area contributed by atoms with Crippen LogP contribution in [0.3, 0.4) is 0 Å². The van der Waals surface area contributed by atoms with Crippen LogP contribution in [-0.4, -0.2) is 54.4 Å². The van der Waals surface area contributed by atoms with E-state index in [2.05, 4.69) is 43.8 Å². The maximum Gasteiger partial charge on any atom is 0.191 e. The number of rotatable bonds is 7. The van der Waals surface area contributed by atoms with Gasteiger partial charge >= 0.3 is 0 Å². The zero-order valence-corrected chi connectivity index (χ0v) is 19.2. The van der Waals surface area contributed by atoms with Crippen LogP contribution in [0, 0.1) is 0 Å². The Balaban J connectivity index is 0.00000280. The van der Waals surface area contributed by atoms with Crippen molar-refractivity contribution in [3.8, 4) is 5.75 Å². The zero-order valence-electron chi connectivity index (χ0n) is 16.9. The molecule has 1 aliphatic rings. The average Bonchev–Trinajstić information content (AvgIpc) is 3.36. The molecular weight excluding hydrogens is 467 g/mol. The second-order valence-corrected chi connectivity index (χ2v) is 6.86. The number of nitrogens with one attached hydrogen (secondary N) is 2. The predicted octanol–water partition coefficient (Wildman–Crippen LogP) is 2.55. The van der Waals surface area contributed by atoms with Gasteiger partial charge in [0.25, 0.3) is 0 Å². The summed E-state index contributed by atoms with van der Waals surface area (Å²) in [6.45, 7) is 3.75. The number of nitrogens with zero attached hydrogens (tertiary/aromatic N) is 4. The van der Waals surface area contributed by atoms with E-state index in [1.54, 1.807) is 18.8 Å². The summed E-state index contributed by atoms with van der Waals surface area (Å²) in [6.07, 6.45) is 6.38. The Morgan fingerprint density at radius 2 is 2.07 bits per heavy atom. The maximum absolute atomic E-state index is 5.42. The van der Waals surface area contributed by atoms with E-state index in [9.17, 15) is 0 Å². The summed E-state index contributed by atoms with van der Waals surface area (Å²) in [5.74, 6) is 1.70. The lowest BCUT2D eigenvalue weighted by atomic mass is 10.1. The van der Waals surface area contributed by atoms with E-state index in [-0.39, 0.29) is 24.0 Å². The van der Waals surface area contributed by atoms with Crippen molar-refractivity contribution in [2.45, 2.75) is 25.4 Å². The molecule has 8 heteroatoms. The van der Waals surface area contributed by atoms with Crippen molar-refractivity contribution in [2.75, 3.05) is 33.8 Å². The summed E-state index contributed by atoms with van der Waals surface area (Å²) in [4.78, 5) is 6.90. The molecule has 1 saturated heterocycles. The summed E-state index contributed by atoms with van der Waals surface area (Å²) in [7, 11) is 5.44. The van der Waals surface area contributed by atoms with Crippen molar-refractivity contribution in [3.63, 3.8) is 0 Å². The van der Waals surface area contributed by atoms with E-state index in [0.29, 0.717) is 12.6 Å². The molecule has 0 spiro atoms. The lowest BCUT2D eigenvalue weighted by molar-refractivity contribution is 0.245. The van der Waals surface area contributed by atoms with Crippen LogP contribution in [0.1, 0.15) is 30.0 Å². The maximum atomic E-state index is 5.42. The number of aryl methyl sites for hydroxylation is 1. The van der Waals surface area contributed by atoms with Crippen molar-refractivity contribution in [3.05, 3.63) is 47.8 Å².